The first kappa shape index (κ1) is 20.6. The van der Waals surface area contributed by atoms with E-state index in [-0.39, 0.29) is 6.04 Å². The average molecular weight is 441 g/mol. The molecule has 3 N–H and O–H groups in total. The van der Waals surface area contributed by atoms with Gasteiger partial charge in [0.2, 0.25) is 0 Å². The van der Waals surface area contributed by atoms with Crippen molar-refractivity contribution in [2.24, 2.45) is 0 Å². The molecule has 4 aromatic rings. The Morgan fingerprint density at radius 2 is 1.65 bits per heavy atom. The standard InChI is InChI=1S/C32H28N2/c33-25-17-14-22(15-18-25)31-21-24(16-19-32(31)34-26-9-2-1-3-10-26)30-20-23-8-4-5-11-27(23)28-12-6-7-13-29(28)30/h1-6,8-12,14-18,20-21,32,34H,7,13,19,33H2. The normalized spacial score (nSPS) is 17.1. The van der Waals surface area contributed by atoms with Gasteiger partial charge in [-0.25, -0.2) is 0 Å². The van der Waals surface area contributed by atoms with E-state index in [0.29, 0.717) is 0 Å². The number of para-hydroxylation sites is 1. The molecule has 0 aliphatic heterocycles. The molecule has 1 atom stereocenters. The minimum atomic E-state index is 0.200. The highest BCUT2D eigenvalue weighted by atomic mass is 14.9. The SMILES string of the molecule is Nc1ccc(C2=CC(c3cc4ccccc4c4c3CCC=C4)=CCC2Nc2ccccc2)cc1. The van der Waals surface area contributed by atoms with Gasteiger partial charge in [0.25, 0.3) is 0 Å². The predicted molar refractivity (Wildman–Crippen MR) is 147 cm³/mol. The lowest BCUT2D eigenvalue weighted by Crippen LogP contribution is -2.23. The summed E-state index contributed by atoms with van der Waals surface area (Å²) in [7, 11) is 0. The molecule has 166 valence electrons. The summed E-state index contributed by atoms with van der Waals surface area (Å²) in [5.41, 5.74) is 16.0. The molecule has 0 spiro atoms. The summed E-state index contributed by atoms with van der Waals surface area (Å²) < 4.78 is 0. The van der Waals surface area contributed by atoms with E-state index in [1.807, 2.05) is 12.1 Å². The molecule has 34 heavy (non-hydrogen) atoms. The van der Waals surface area contributed by atoms with Crippen molar-refractivity contribution in [3.8, 4) is 0 Å². The topological polar surface area (TPSA) is 38.0 Å². The Morgan fingerprint density at radius 1 is 0.853 bits per heavy atom. The fourth-order valence-electron chi connectivity index (χ4n) is 5.28. The maximum atomic E-state index is 6.01. The van der Waals surface area contributed by atoms with E-state index >= 15 is 0 Å². The highest BCUT2D eigenvalue weighted by molar-refractivity contribution is 5.99. The fourth-order valence-corrected chi connectivity index (χ4v) is 5.28. The third-order valence-electron chi connectivity index (χ3n) is 6.98. The second kappa shape index (κ2) is 8.72. The van der Waals surface area contributed by atoms with Crippen molar-refractivity contribution in [1.29, 1.82) is 0 Å². The summed E-state index contributed by atoms with van der Waals surface area (Å²) >= 11 is 0. The zero-order valence-corrected chi connectivity index (χ0v) is 19.2. The quantitative estimate of drug-likeness (QED) is 0.319. The number of anilines is 2. The molecule has 0 amide bonds. The second-order valence-corrected chi connectivity index (χ2v) is 9.16. The summed E-state index contributed by atoms with van der Waals surface area (Å²) in [6.07, 6.45) is 12.5. The largest absolute Gasteiger partial charge is 0.399 e. The number of fused-ring (bicyclic) bond motifs is 3. The van der Waals surface area contributed by atoms with Gasteiger partial charge in [0.1, 0.15) is 0 Å². The highest BCUT2D eigenvalue weighted by Gasteiger charge is 2.23. The van der Waals surface area contributed by atoms with Gasteiger partial charge in [-0.15, -0.1) is 0 Å². The second-order valence-electron chi connectivity index (χ2n) is 9.16. The number of hydrogen-bond acceptors (Lipinski definition) is 2. The molecular weight excluding hydrogens is 412 g/mol. The van der Waals surface area contributed by atoms with E-state index in [4.69, 9.17) is 5.73 Å². The number of benzene rings is 4. The maximum Gasteiger partial charge on any atom is 0.0554 e. The third kappa shape index (κ3) is 3.82. The molecule has 0 heterocycles. The van der Waals surface area contributed by atoms with E-state index in [0.717, 1.165) is 30.6 Å². The predicted octanol–water partition coefficient (Wildman–Crippen LogP) is 7.73. The number of nitrogens with one attached hydrogen (secondary N) is 1. The van der Waals surface area contributed by atoms with Crippen LogP contribution in [0, 0.1) is 0 Å². The van der Waals surface area contributed by atoms with Crippen LogP contribution in [-0.2, 0) is 6.42 Å². The van der Waals surface area contributed by atoms with Gasteiger partial charge in [0, 0.05) is 11.4 Å². The average Bonchev–Trinajstić information content (AvgIpc) is 2.90. The van der Waals surface area contributed by atoms with Gasteiger partial charge >= 0.3 is 0 Å². The Labute approximate surface area is 201 Å². The number of nitrogen functional groups attached to an aromatic ring is 1. The Bertz CT molecular complexity index is 1440. The molecule has 0 fully saturated rings. The molecule has 0 bridgehead atoms. The summed E-state index contributed by atoms with van der Waals surface area (Å²) in [4.78, 5) is 0. The Kier molecular flexibility index (Phi) is 5.27. The van der Waals surface area contributed by atoms with Crippen molar-refractivity contribution in [3.63, 3.8) is 0 Å². The van der Waals surface area contributed by atoms with E-state index < -0.39 is 0 Å². The number of rotatable bonds is 4. The molecule has 2 nitrogen and oxygen atoms in total. The molecule has 1 unspecified atom stereocenters. The van der Waals surface area contributed by atoms with Crippen LogP contribution in [0.15, 0.2) is 103 Å². The molecule has 2 heteroatoms. The van der Waals surface area contributed by atoms with Crippen LogP contribution in [0.2, 0.25) is 0 Å². The van der Waals surface area contributed by atoms with Crippen LogP contribution in [0.25, 0.3) is 28.0 Å². The minimum absolute atomic E-state index is 0.200. The van der Waals surface area contributed by atoms with E-state index in [9.17, 15) is 0 Å². The van der Waals surface area contributed by atoms with Gasteiger partial charge in [-0.1, -0.05) is 72.8 Å². The molecule has 0 aromatic heterocycles. The van der Waals surface area contributed by atoms with Gasteiger partial charge in [-0.05, 0) is 99.8 Å². The van der Waals surface area contributed by atoms with Crippen molar-refractivity contribution >= 4 is 39.4 Å². The zero-order chi connectivity index (χ0) is 22.9. The van der Waals surface area contributed by atoms with Crippen molar-refractivity contribution in [2.45, 2.75) is 25.3 Å². The van der Waals surface area contributed by atoms with Crippen molar-refractivity contribution in [2.75, 3.05) is 11.1 Å². The summed E-state index contributed by atoms with van der Waals surface area (Å²) in [6, 6.07) is 30.1. The summed E-state index contributed by atoms with van der Waals surface area (Å²) in [5.74, 6) is 0. The smallest absolute Gasteiger partial charge is 0.0554 e. The Hall–Kier alpha value is -4.04. The summed E-state index contributed by atoms with van der Waals surface area (Å²) in [6.45, 7) is 0. The van der Waals surface area contributed by atoms with Crippen LogP contribution in [0.1, 0.15) is 35.1 Å². The molecule has 2 aliphatic rings. The third-order valence-corrected chi connectivity index (χ3v) is 6.98. The first-order valence-corrected chi connectivity index (χ1v) is 12.1. The van der Waals surface area contributed by atoms with E-state index in [1.54, 1.807) is 0 Å². The molecule has 2 aliphatic carbocycles. The summed E-state index contributed by atoms with van der Waals surface area (Å²) in [5, 5.41) is 6.40. The Balaban J connectivity index is 1.47. The van der Waals surface area contributed by atoms with Crippen molar-refractivity contribution in [3.05, 3.63) is 125 Å². The number of hydrogen-bond donors (Lipinski definition) is 2. The van der Waals surface area contributed by atoms with Gasteiger partial charge in [0.05, 0.1) is 6.04 Å². The monoisotopic (exact) mass is 440 g/mol. The van der Waals surface area contributed by atoms with Crippen LogP contribution in [0.3, 0.4) is 0 Å². The molecule has 0 saturated heterocycles. The lowest BCUT2D eigenvalue weighted by molar-refractivity contribution is 0.903. The highest BCUT2D eigenvalue weighted by Crippen LogP contribution is 2.39. The molecule has 0 radical (unpaired) electrons. The lowest BCUT2D eigenvalue weighted by Gasteiger charge is -2.28. The van der Waals surface area contributed by atoms with Crippen LogP contribution >= 0.6 is 0 Å². The Morgan fingerprint density at radius 3 is 2.50 bits per heavy atom. The van der Waals surface area contributed by atoms with Gasteiger partial charge in [0.15, 0.2) is 0 Å². The fraction of sp³-hybridized carbons (Fsp3) is 0.125. The van der Waals surface area contributed by atoms with E-state index in [1.165, 1.54) is 44.2 Å². The van der Waals surface area contributed by atoms with Crippen LogP contribution < -0.4 is 11.1 Å². The van der Waals surface area contributed by atoms with Crippen LogP contribution in [0.4, 0.5) is 11.4 Å². The van der Waals surface area contributed by atoms with E-state index in [2.05, 4.69) is 102 Å². The van der Waals surface area contributed by atoms with Crippen LogP contribution in [-0.4, -0.2) is 6.04 Å². The van der Waals surface area contributed by atoms with Gasteiger partial charge in [-0.3, -0.25) is 0 Å². The number of nitrogens with two attached hydrogens (primary N) is 1. The van der Waals surface area contributed by atoms with Gasteiger partial charge < -0.3 is 11.1 Å². The first-order valence-electron chi connectivity index (χ1n) is 12.1. The van der Waals surface area contributed by atoms with Gasteiger partial charge in [-0.2, -0.15) is 0 Å². The number of allylic oxidation sites excluding steroid dienone is 3. The molecule has 6 rings (SSSR count). The molecular formula is C32H28N2. The maximum absolute atomic E-state index is 6.01. The molecule has 4 aromatic carbocycles. The minimum Gasteiger partial charge on any atom is -0.399 e. The zero-order valence-electron chi connectivity index (χ0n) is 19.2. The molecule has 0 saturated carbocycles. The van der Waals surface area contributed by atoms with Crippen LogP contribution in [0.5, 0.6) is 0 Å². The van der Waals surface area contributed by atoms with Crippen molar-refractivity contribution in [1.82, 2.24) is 0 Å². The van der Waals surface area contributed by atoms with Crippen molar-refractivity contribution < 1.29 is 0 Å². The lowest BCUT2D eigenvalue weighted by atomic mass is 9.81. The first-order chi connectivity index (χ1) is 16.8.